The Balaban J connectivity index is 1.79. The number of benzene rings is 1. The van der Waals surface area contributed by atoms with Gasteiger partial charge >= 0.3 is 6.36 Å². The van der Waals surface area contributed by atoms with Crippen molar-refractivity contribution in [2.24, 2.45) is 0 Å². The minimum atomic E-state index is -4.81. The fraction of sp³-hybridized carbons (Fsp3) is 0.118. The van der Waals surface area contributed by atoms with Gasteiger partial charge in [0.15, 0.2) is 0 Å². The van der Waals surface area contributed by atoms with Crippen molar-refractivity contribution in [3.63, 3.8) is 0 Å². The van der Waals surface area contributed by atoms with Gasteiger partial charge in [0.05, 0.1) is 17.4 Å². The molecule has 2 heterocycles. The molecule has 3 aromatic rings. The lowest BCUT2D eigenvalue weighted by atomic mass is 10.0. The molecule has 0 radical (unpaired) electrons. The molecule has 1 aromatic carbocycles. The molecule has 25 heavy (non-hydrogen) atoms. The van der Waals surface area contributed by atoms with E-state index in [2.05, 4.69) is 20.0 Å². The van der Waals surface area contributed by atoms with Crippen LogP contribution in [0.4, 0.5) is 18.9 Å². The van der Waals surface area contributed by atoms with Crippen molar-refractivity contribution in [1.29, 1.82) is 0 Å². The summed E-state index contributed by atoms with van der Waals surface area (Å²) in [6.07, 6.45) is -2.09. The van der Waals surface area contributed by atoms with Crippen molar-refractivity contribution < 1.29 is 22.7 Å². The van der Waals surface area contributed by atoms with Crippen LogP contribution in [-0.2, 0) is 0 Å². The summed E-state index contributed by atoms with van der Waals surface area (Å²) in [7, 11) is 0. The van der Waals surface area contributed by atoms with Gasteiger partial charge in [-0.25, -0.2) is 4.98 Å². The van der Waals surface area contributed by atoms with Crippen LogP contribution in [0.3, 0.4) is 0 Å². The predicted molar refractivity (Wildman–Crippen MR) is 85.4 cm³/mol. The Morgan fingerprint density at radius 1 is 1.16 bits per heavy atom. The standard InChI is InChI=1S/C17H12F3N3O2/c1-10-7-11-3-2-6-21-14(11)8-13(10)16(24)23-12-4-5-15(22-9-12)25-17(18,19)20/h2-9H,1H3,(H,23,24). The molecule has 5 nitrogen and oxygen atoms in total. The normalized spacial score (nSPS) is 11.4. The summed E-state index contributed by atoms with van der Waals surface area (Å²) in [5.41, 5.74) is 2.09. The number of aromatic nitrogens is 2. The SMILES string of the molecule is Cc1cc2cccnc2cc1C(=O)Nc1ccc(OC(F)(F)F)nc1. The molecule has 128 valence electrons. The number of ether oxygens (including phenoxy) is 1. The van der Waals surface area contributed by atoms with Crippen LogP contribution >= 0.6 is 0 Å². The maximum Gasteiger partial charge on any atom is 0.574 e. The molecule has 3 rings (SSSR count). The third kappa shape index (κ3) is 4.03. The number of fused-ring (bicyclic) bond motifs is 1. The highest BCUT2D eigenvalue weighted by atomic mass is 19.4. The topological polar surface area (TPSA) is 64.1 Å². The van der Waals surface area contributed by atoms with E-state index < -0.39 is 18.1 Å². The van der Waals surface area contributed by atoms with Gasteiger partial charge in [-0.1, -0.05) is 6.07 Å². The van der Waals surface area contributed by atoms with Crippen LogP contribution in [0, 0.1) is 6.92 Å². The highest BCUT2D eigenvalue weighted by molar-refractivity contribution is 6.07. The van der Waals surface area contributed by atoms with Gasteiger partial charge in [-0.2, -0.15) is 0 Å². The Hall–Kier alpha value is -3.16. The van der Waals surface area contributed by atoms with Gasteiger partial charge < -0.3 is 10.1 Å². The van der Waals surface area contributed by atoms with Gasteiger partial charge in [-0.05, 0) is 36.8 Å². The molecule has 0 aliphatic heterocycles. The number of carbonyl (C=O) groups excluding carboxylic acids is 1. The summed E-state index contributed by atoms with van der Waals surface area (Å²) >= 11 is 0. The molecule has 0 aliphatic rings. The zero-order valence-electron chi connectivity index (χ0n) is 13.0. The number of nitrogens with zero attached hydrogens (tertiary/aromatic N) is 2. The first-order chi connectivity index (χ1) is 11.8. The number of pyridine rings is 2. The second-order valence-corrected chi connectivity index (χ2v) is 5.25. The van der Waals surface area contributed by atoms with E-state index in [1.54, 1.807) is 25.3 Å². The average molecular weight is 347 g/mol. The summed E-state index contributed by atoms with van der Waals surface area (Å²) in [4.78, 5) is 20.1. The van der Waals surface area contributed by atoms with Crippen LogP contribution in [0.1, 0.15) is 15.9 Å². The molecular weight excluding hydrogens is 335 g/mol. The van der Waals surface area contributed by atoms with Crippen LogP contribution in [0.15, 0.2) is 48.8 Å². The van der Waals surface area contributed by atoms with Crippen molar-refractivity contribution in [2.75, 3.05) is 5.32 Å². The first-order valence-electron chi connectivity index (χ1n) is 7.20. The number of nitrogens with one attached hydrogen (secondary N) is 1. The lowest BCUT2D eigenvalue weighted by Gasteiger charge is -2.10. The summed E-state index contributed by atoms with van der Waals surface area (Å²) in [6.45, 7) is 1.79. The number of aryl methyl sites for hydroxylation is 1. The number of hydrogen-bond donors (Lipinski definition) is 1. The molecule has 2 aromatic heterocycles. The number of halogens is 3. The van der Waals surface area contributed by atoms with E-state index in [9.17, 15) is 18.0 Å². The Morgan fingerprint density at radius 2 is 1.96 bits per heavy atom. The molecule has 0 saturated carbocycles. The van der Waals surface area contributed by atoms with Crippen molar-refractivity contribution >= 4 is 22.5 Å². The fourth-order valence-corrected chi connectivity index (χ4v) is 2.31. The van der Waals surface area contributed by atoms with Crippen LogP contribution in [0.25, 0.3) is 10.9 Å². The van der Waals surface area contributed by atoms with Gasteiger partial charge in [0.1, 0.15) is 0 Å². The molecule has 0 fully saturated rings. The quantitative estimate of drug-likeness (QED) is 0.775. The largest absolute Gasteiger partial charge is 0.574 e. The number of amides is 1. The number of alkyl halides is 3. The summed E-state index contributed by atoms with van der Waals surface area (Å²) < 4.78 is 40.0. The second kappa shape index (κ2) is 6.39. The predicted octanol–water partition coefficient (Wildman–Crippen LogP) is 4.09. The van der Waals surface area contributed by atoms with Crippen molar-refractivity contribution in [3.8, 4) is 5.88 Å². The van der Waals surface area contributed by atoms with Gasteiger partial charge in [0, 0.05) is 23.2 Å². The molecule has 0 bridgehead atoms. The molecule has 0 saturated heterocycles. The monoisotopic (exact) mass is 347 g/mol. The summed E-state index contributed by atoms with van der Waals surface area (Å²) in [5.74, 6) is -1.01. The first-order valence-corrected chi connectivity index (χ1v) is 7.20. The molecule has 1 amide bonds. The van der Waals surface area contributed by atoms with E-state index in [0.29, 0.717) is 11.1 Å². The van der Waals surface area contributed by atoms with Crippen molar-refractivity contribution in [1.82, 2.24) is 9.97 Å². The van der Waals surface area contributed by atoms with Crippen LogP contribution in [-0.4, -0.2) is 22.2 Å². The highest BCUT2D eigenvalue weighted by Crippen LogP contribution is 2.22. The van der Waals surface area contributed by atoms with Gasteiger partial charge in [0.2, 0.25) is 5.88 Å². The van der Waals surface area contributed by atoms with Crippen molar-refractivity contribution in [3.05, 3.63) is 59.9 Å². The Labute approximate surface area is 140 Å². The Morgan fingerprint density at radius 3 is 2.64 bits per heavy atom. The van der Waals surface area contributed by atoms with Crippen molar-refractivity contribution in [2.45, 2.75) is 13.3 Å². The Bertz CT molecular complexity index is 925. The third-order valence-corrected chi connectivity index (χ3v) is 3.41. The molecule has 8 heteroatoms. The van der Waals surface area contributed by atoms with E-state index in [1.165, 1.54) is 6.07 Å². The van der Waals surface area contributed by atoms with E-state index in [-0.39, 0.29) is 5.69 Å². The smallest absolute Gasteiger partial charge is 0.388 e. The molecule has 0 aliphatic carbocycles. The highest BCUT2D eigenvalue weighted by Gasteiger charge is 2.31. The van der Waals surface area contributed by atoms with Crippen LogP contribution < -0.4 is 10.1 Å². The maximum atomic E-state index is 12.4. The van der Waals surface area contributed by atoms with E-state index in [1.807, 2.05) is 12.1 Å². The lowest BCUT2D eigenvalue weighted by Crippen LogP contribution is -2.18. The zero-order valence-corrected chi connectivity index (χ0v) is 13.0. The summed E-state index contributed by atoms with van der Waals surface area (Å²) in [6, 6.07) is 9.50. The minimum Gasteiger partial charge on any atom is -0.388 e. The Kier molecular flexibility index (Phi) is 4.26. The van der Waals surface area contributed by atoms with Crippen LogP contribution in [0.5, 0.6) is 5.88 Å². The second-order valence-electron chi connectivity index (χ2n) is 5.25. The minimum absolute atomic E-state index is 0.250. The maximum absolute atomic E-state index is 12.4. The van der Waals surface area contributed by atoms with Gasteiger partial charge in [-0.15, -0.1) is 13.2 Å². The van der Waals surface area contributed by atoms with Gasteiger partial charge in [0.25, 0.3) is 5.91 Å². The number of rotatable bonds is 3. The molecule has 0 spiro atoms. The summed E-state index contributed by atoms with van der Waals surface area (Å²) in [5, 5.41) is 3.50. The van der Waals surface area contributed by atoms with Gasteiger partial charge in [-0.3, -0.25) is 9.78 Å². The lowest BCUT2D eigenvalue weighted by molar-refractivity contribution is -0.276. The van der Waals surface area contributed by atoms with E-state index in [4.69, 9.17) is 0 Å². The molecule has 1 N–H and O–H groups in total. The molecule has 0 atom stereocenters. The average Bonchev–Trinajstić information content (AvgIpc) is 2.54. The zero-order chi connectivity index (χ0) is 18.0. The first kappa shape index (κ1) is 16.7. The number of carbonyl (C=O) groups is 1. The molecule has 0 unspecified atom stereocenters. The fourth-order valence-electron chi connectivity index (χ4n) is 2.31. The third-order valence-electron chi connectivity index (χ3n) is 3.41. The number of hydrogen-bond acceptors (Lipinski definition) is 4. The van der Waals surface area contributed by atoms with Crippen LogP contribution in [0.2, 0.25) is 0 Å². The number of anilines is 1. The molecular formula is C17H12F3N3O2. The van der Waals surface area contributed by atoms with E-state index >= 15 is 0 Å². The van der Waals surface area contributed by atoms with E-state index in [0.717, 1.165) is 23.2 Å².